The first kappa shape index (κ1) is 15.6. The van der Waals surface area contributed by atoms with Crippen molar-refractivity contribution < 1.29 is 14.4 Å². The topological polar surface area (TPSA) is 69.7 Å². The van der Waals surface area contributed by atoms with Crippen molar-refractivity contribution in [2.75, 3.05) is 13.1 Å². The highest BCUT2D eigenvalue weighted by Crippen LogP contribution is 2.36. The summed E-state index contributed by atoms with van der Waals surface area (Å²) in [5, 5.41) is 6.91. The zero-order chi connectivity index (χ0) is 16.7. The lowest BCUT2D eigenvalue weighted by Gasteiger charge is -2.26. The number of urea groups is 1. The van der Waals surface area contributed by atoms with Crippen LogP contribution >= 0.6 is 11.3 Å². The van der Waals surface area contributed by atoms with Crippen molar-refractivity contribution in [2.24, 2.45) is 0 Å². The summed E-state index contributed by atoms with van der Waals surface area (Å²) in [4.78, 5) is 40.6. The monoisotopic (exact) mass is 347 g/mol. The molecular weight excluding hydrogens is 326 g/mol. The first-order valence-corrected chi connectivity index (χ1v) is 9.51. The van der Waals surface area contributed by atoms with Crippen molar-refractivity contribution in [3.05, 3.63) is 22.4 Å². The Balaban J connectivity index is 1.48. The van der Waals surface area contributed by atoms with Crippen LogP contribution in [0.25, 0.3) is 0 Å². The highest BCUT2D eigenvalue weighted by atomic mass is 32.1. The van der Waals surface area contributed by atoms with E-state index in [2.05, 4.69) is 10.7 Å². The maximum atomic E-state index is 12.8. The molecule has 0 radical (unpaired) electrons. The molecule has 0 aromatic carbocycles. The van der Waals surface area contributed by atoms with Crippen LogP contribution < -0.4 is 5.32 Å². The third-order valence-corrected chi connectivity index (χ3v) is 6.20. The van der Waals surface area contributed by atoms with Gasteiger partial charge >= 0.3 is 6.03 Å². The number of hydrogen-bond acceptors (Lipinski definition) is 4. The molecule has 6 nitrogen and oxygen atoms in total. The van der Waals surface area contributed by atoms with Crippen molar-refractivity contribution in [1.82, 2.24) is 15.1 Å². The number of thiophene rings is 1. The number of rotatable bonds is 3. The van der Waals surface area contributed by atoms with E-state index in [0.717, 1.165) is 36.1 Å². The summed E-state index contributed by atoms with van der Waals surface area (Å²) in [6, 6.07) is 1.70. The van der Waals surface area contributed by atoms with Gasteiger partial charge in [0.25, 0.3) is 5.91 Å². The third kappa shape index (κ3) is 2.42. The van der Waals surface area contributed by atoms with Crippen LogP contribution in [0, 0.1) is 0 Å². The second-order valence-corrected chi connectivity index (χ2v) is 7.69. The molecule has 0 bridgehead atoms. The Bertz CT molecular complexity index is 667. The summed E-state index contributed by atoms with van der Waals surface area (Å²) in [5.74, 6) is -0.355. The van der Waals surface area contributed by atoms with Gasteiger partial charge in [-0.25, -0.2) is 4.79 Å². The van der Waals surface area contributed by atoms with E-state index in [1.807, 2.05) is 16.3 Å². The third-order valence-electron chi connectivity index (χ3n) is 5.50. The molecule has 1 spiro atoms. The van der Waals surface area contributed by atoms with Crippen LogP contribution in [-0.2, 0) is 9.59 Å². The van der Waals surface area contributed by atoms with Gasteiger partial charge < -0.3 is 10.2 Å². The minimum absolute atomic E-state index is 0.0740. The molecule has 24 heavy (non-hydrogen) atoms. The number of likely N-dealkylation sites (tertiary alicyclic amines) is 1. The first-order chi connectivity index (χ1) is 11.6. The van der Waals surface area contributed by atoms with Crippen molar-refractivity contribution >= 4 is 29.2 Å². The predicted octanol–water partition coefficient (Wildman–Crippen LogP) is 2.28. The van der Waals surface area contributed by atoms with E-state index >= 15 is 0 Å². The van der Waals surface area contributed by atoms with Gasteiger partial charge in [0, 0.05) is 6.54 Å². The molecule has 4 rings (SSSR count). The molecular formula is C17H21N3O3S. The average Bonchev–Trinajstić information content (AvgIpc) is 3.33. The number of amides is 4. The lowest BCUT2D eigenvalue weighted by molar-refractivity contribution is -0.139. The standard InChI is InChI=1S/C17H21N3O3S/c21-14(19-8-3-4-13(19)12-5-9-24-11-12)10-20-15(22)17(18-16(20)23)6-1-2-7-17/h5,9,11,13H,1-4,6-8,10H2,(H,18,23). The zero-order valence-electron chi connectivity index (χ0n) is 13.5. The molecule has 1 atom stereocenters. The summed E-state index contributed by atoms with van der Waals surface area (Å²) in [7, 11) is 0. The second-order valence-electron chi connectivity index (χ2n) is 6.91. The highest BCUT2D eigenvalue weighted by molar-refractivity contribution is 7.08. The summed E-state index contributed by atoms with van der Waals surface area (Å²) in [6.07, 6.45) is 5.15. The van der Waals surface area contributed by atoms with Crippen molar-refractivity contribution in [3.63, 3.8) is 0 Å². The van der Waals surface area contributed by atoms with E-state index in [0.29, 0.717) is 19.4 Å². The van der Waals surface area contributed by atoms with E-state index in [4.69, 9.17) is 0 Å². The number of nitrogens with zero attached hydrogens (tertiary/aromatic N) is 2. The molecule has 1 aromatic rings. The molecule has 4 amide bonds. The van der Waals surface area contributed by atoms with Crippen LogP contribution in [-0.4, -0.2) is 46.3 Å². The first-order valence-electron chi connectivity index (χ1n) is 8.56. The maximum absolute atomic E-state index is 12.8. The summed E-state index contributed by atoms with van der Waals surface area (Å²) in [6.45, 7) is 0.543. The van der Waals surface area contributed by atoms with Crippen LogP contribution in [0.5, 0.6) is 0 Å². The van der Waals surface area contributed by atoms with Crippen molar-refractivity contribution in [3.8, 4) is 0 Å². The van der Waals surface area contributed by atoms with Crippen molar-refractivity contribution in [2.45, 2.75) is 50.1 Å². The molecule has 1 aliphatic carbocycles. The predicted molar refractivity (Wildman–Crippen MR) is 89.5 cm³/mol. The van der Waals surface area contributed by atoms with Gasteiger partial charge in [0.15, 0.2) is 0 Å². The summed E-state index contributed by atoms with van der Waals surface area (Å²) in [5.41, 5.74) is 0.407. The van der Waals surface area contributed by atoms with Gasteiger partial charge in [0.1, 0.15) is 12.1 Å². The minimum atomic E-state index is -0.741. The Kier molecular flexibility index (Phi) is 3.83. The molecule has 7 heteroatoms. The largest absolute Gasteiger partial charge is 0.334 e. The Labute approximate surface area is 144 Å². The van der Waals surface area contributed by atoms with Gasteiger partial charge in [0.05, 0.1) is 6.04 Å². The highest BCUT2D eigenvalue weighted by Gasteiger charge is 2.53. The number of hydrogen-bond donors (Lipinski definition) is 1. The van der Waals surface area contributed by atoms with Crippen LogP contribution in [0.1, 0.15) is 50.1 Å². The van der Waals surface area contributed by atoms with Crippen LogP contribution in [0.3, 0.4) is 0 Å². The van der Waals surface area contributed by atoms with Gasteiger partial charge in [-0.15, -0.1) is 0 Å². The summed E-state index contributed by atoms with van der Waals surface area (Å²) >= 11 is 1.62. The molecule has 3 aliphatic rings. The van der Waals surface area contributed by atoms with E-state index < -0.39 is 11.6 Å². The Morgan fingerprint density at radius 3 is 2.79 bits per heavy atom. The molecule has 2 aliphatic heterocycles. The number of nitrogens with one attached hydrogen (secondary N) is 1. The molecule has 3 heterocycles. The summed E-state index contributed by atoms with van der Waals surface area (Å²) < 4.78 is 0. The molecule has 1 saturated carbocycles. The van der Waals surface area contributed by atoms with Gasteiger partial charge in [-0.1, -0.05) is 12.8 Å². The van der Waals surface area contributed by atoms with Gasteiger partial charge in [-0.2, -0.15) is 11.3 Å². The number of imide groups is 1. The molecule has 128 valence electrons. The maximum Gasteiger partial charge on any atom is 0.325 e. The van der Waals surface area contributed by atoms with E-state index in [1.54, 1.807) is 11.3 Å². The Morgan fingerprint density at radius 1 is 1.29 bits per heavy atom. The van der Waals surface area contributed by atoms with E-state index in [1.165, 1.54) is 0 Å². The van der Waals surface area contributed by atoms with Crippen LogP contribution in [0.4, 0.5) is 4.79 Å². The number of carbonyl (C=O) groups is 3. The molecule has 2 saturated heterocycles. The molecule has 1 aromatic heterocycles. The Morgan fingerprint density at radius 2 is 2.08 bits per heavy atom. The van der Waals surface area contributed by atoms with Gasteiger partial charge in [-0.3, -0.25) is 14.5 Å². The lowest BCUT2D eigenvalue weighted by Crippen LogP contribution is -2.46. The smallest absolute Gasteiger partial charge is 0.325 e. The molecule has 3 fully saturated rings. The quantitative estimate of drug-likeness (QED) is 0.853. The number of carbonyl (C=O) groups excluding carboxylic acids is 3. The fourth-order valence-corrected chi connectivity index (χ4v) is 4.95. The van der Waals surface area contributed by atoms with Crippen LogP contribution in [0.15, 0.2) is 16.8 Å². The van der Waals surface area contributed by atoms with Gasteiger partial charge in [0.2, 0.25) is 5.91 Å². The average molecular weight is 347 g/mol. The SMILES string of the molecule is O=C1NC2(CCCC2)C(=O)N1CC(=O)N1CCCC1c1ccsc1. The Hall–Kier alpha value is -1.89. The van der Waals surface area contributed by atoms with Gasteiger partial charge in [-0.05, 0) is 48.1 Å². The van der Waals surface area contributed by atoms with E-state index in [9.17, 15) is 14.4 Å². The lowest BCUT2D eigenvalue weighted by atomic mass is 9.98. The fourth-order valence-electron chi connectivity index (χ4n) is 4.24. The minimum Gasteiger partial charge on any atom is -0.334 e. The zero-order valence-corrected chi connectivity index (χ0v) is 14.3. The second kappa shape index (κ2) is 5.88. The molecule has 1 unspecified atom stereocenters. The molecule has 1 N–H and O–H groups in total. The van der Waals surface area contributed by atoms with Crippen molar-refractivity contribution in [1.29, 1.82) is 0 Å². The normalized spacial score (nSPS) is 25.8. The van der Waals surface area contributed by atoms with Crippen LogP contribution in [0.2, 0.25) is 0 Å². The van der Waals surface area contributed by atoms with E-state index in [-0.39, 0.29) is 24.4 Å². The fraction of sp³-hybridized carbons (Fsp3) is 0.588.